The summed E-state index contributed by atoms with van der Waals surface area (Å²) in [6.07, 6.45) is 0. The minimum atomic E-state index is -0.353. The van der Waals surface area contributed by atoms with Gasteiger partial charge in [0.15, 0.2) is 0 Å². The molecule has 0 saturated carbocycles. The maximum Gasteiger partial charge on any atom is 0.303 e. The van der Waals surface area contributed by atoms with E-state index in [0.29, 0.717) is 0 Å². The fourth-order valence-corrected chi connectivity index (χ4v) is 0.637. The lowest BCUT2D eigenvalue weighted by Gasteiger charge is -1.96. The predicted molar refractivity (Wildman–Crippen MR) is 40.6 cm³/mol. The number of carbonyl (C=O) groups excluding carboxylic acids is 1. The van der Waals surface area contributed by atoms with Gasteiger partial charge in [0, 0.05) is 12.5 Å². The maximum atomic E-state index is 10.3. The molecule has 11 heavy (non-hydrogen) atoms. The molecule has 0 unspecified atom stereocenters. The first-order valence-electron chi connectivity index (χ1n) is 3.27. The van der Waals surface area contributed by atoms with Crippen LogP contribution in [0.1, 0.15) is 12.5 Å². The molecule has 1 rings (SSSR count). The average Bonchev–Trinajstić information content (AvgIpc) is 2.03. The zero-order valence-corrected chi connectivity index (χ0v) is 6.20. The van der Waals surface area contributed by atoms with Crippen LogP contribution in [0.15, 0.2) is 30.3 Å². The van der Waals surface area contributed by atoms with Crippen molar-refractivity contribution in [3.63, 3.8) is 0 Å². The van der Waals surface area contributed by atoms with E-state index in [2.05, 4.69) is 11.3 Å². The van der Waals surface area contributed by atoms with Gasteiger partial charge in [-0.3, -0.25) is 4.79 Å². The van der Waals surface area contributed by atoms with Crippen LogP contribution < -0.4 is 0 Å². The Labute approximate surface area is 65.8 Å². The van der Waals surface area contributed by atoms with Crippen LogP contribution in [0.2, 0.25) is 0 Å². The highest BCUT2D eigenvalue weighted by Crippen LogP contribution is 2.02. The van der Waals surface area contributed by atoms with Crippen LogP contribution in [0.5, 0.6) is 0 Å². The molecule has 2 radical (unpaired) electrons. The van der Waals surface area contributed by atoms with Gasteiger partial charge in [0.1, 0.15) is 0 Å². The molecule has 0 aliphatic rings. The first kappa shape index (κ1) is 7.79. The Hall–Kier alpha value is -1.31. The molecule has 0 amide bonds. The summed E-state index contributed by atoms with van der Waals surface area (Å²) in [5, 5.41) is 0. The highest BCUT2D eigenvalue weighted by atomic mass is 16.5. The van der Waals surface area contributed by atoms with E-state index < -0.39 is 0 Å². The second kappa shape index (κ2) is 3.76. The molecule has 1 aromatic carbocycles. The van der Waals surface area contributed by atoms with E-state index in [0.717, 1.165) is 5.56 Å². The number of rotatable bonds is 2. The van der Waals surface area contributed by atoms with Gasteiger partial charge < -0.3 is 4.74 Å². The Bertz CT molecular complexity index is 229. The van der Waals surface area contributed by atoms with Gasteiger partial charge in [0.2, 0.25) is 6.61 Å². The minimum Gasteiger partial charge on any atom is -0.444 e. The highest BCUT2D eigenvalue weighted by Gasteiger charge is 1.96. The number of hydrogen-bond acceptors (Lipinski definition) is 2. The number of benzene rings is 1. The molecular formula is C9H8O2. The lowest BCUT2D eigenvalue weighted by atomic mass is 10.2. The van der Waals surface area contributed by atoms with Crippen LogP contribution in [0.25, 0.3) is 0 Å². The largest absolute Gasteiger partial charge is 0.444 e. The molecule has 56 valence electrons. The third-order valence-electron chi connectivity index (χ3n) is 1.09. The van der Waals surface area contributed by atoms with Crippen molar-refractivity contribution in [2.45, 2.75) is 6.92 Å². The van der Waals surface area contributed by atoms with Gasteiger partial charge in [-0.2, -0.15) is 0 Å². The van der Waals surface area contributed by atoms with E-state index in [1.165, 1.54) is 6.92 Å². The Balaban J connectivity index is 2.45. The third-order valence-corrected chi connectivity index (χ3v) is 1.09. The first-order chi connectivity index (χ1) is 5.29. The molecule has 1 aromatic rings. The van der Waals surface area contributed by atoms with Crippen molar-refractivity contribution >= 4 is 5.97 Å². The highest BCUT2D eigenvalue weighted by molar-refractivity contribution is 5.66. The van der Waals surface area contributed by atoms with Crippen LogP contribution >= 0.6 is 0 Å². The van der Waals surface area contributed by atoms with Crippen LogP contribution in [0.4, 0.5) is 0 Å². The van der Waals surface area contributed by atoms with Gasteiger partial charge in [0.25, 0.3) is 0 Å². The van der Waals surface area contributed by atoms with Crippen molar-refractivity contribution in [1.82, 2.24) is 0 Å². The van der Waals surface area contributed by atoms with Gasteiger partial charge in [-0.25, -0.2) is 0 Å². The van der Waals surface area contributed by atoms with E-state index >= 15 is 0 Å². The van der Waals surface area contributed by atoms with Gasteiger partial charge in [-0.15, -0.1) is 0 Å². The molecular weight excluding hydrogens is 140 g/mol. The molecule has 0 saturated heterocycles. The smallest absolute Gasteiger partial charge is 0.303 e. The fourth-order valence-electron chi connectivity index (χ4n) is 0.637. The minimum absolute atomic E-state index is 0.353. The van der Waals surface area contributed by atoms with Gasteiger partial charge in [-0.1, -0.05) is 30.3 Å². The molecule has 0 aliphatic heterocycles. The lowest BCUT2D eigenvalue weighted by molar-refractivity contribution is -0.137. The lowest BCUT2D eigenvalue weighted by Crippen LogP contribution is -1.95. The maximum absolute atomic E-state index is 10.3. The number of carbonyl (C=O) groups is 1. The van der Waals surface area contributed by atoms with Crippen molar-refractivity contribution in [3.05, 3.63) is 42.5 Å². The Kier molecular flexibility index (Phi) is 2.66. The molecule has 0 atom stereocenters. The molecule has 0 aliphatic carbocycles. The van der Waals surface area contributed by atoms with Crippen molar-refractivity contribution < 1.29 is 9.53 Å². The molecule has 0 spiro atoms. The monoisotopic (exact) mass is 148 g/mol. The van der Waals surface area contributed by atoms with Crippen LogP contribution in [-0.4, -0.2) is 5.97 Å². The first-order valence-corrected chi connectivity index (χ1v) is 3.27. The van der Waals surface area contributed by atoms with Gasteiger partial charge in [-0.05, 0) is 0 Å². The van der Waals surface area contributed by atoms with Crippen molar-refractivity contribution in [2.75, 3.05) is 0 Å². The summed E-state index contributed by atoms with van der Waals surface area (Å²) in [5.41, 5.74) is 0.766. The van der Waals surface area contributed by atoms with Gasteiger partial charge >= 0.3 is 5.97 Å². The van der Waals surface area contributed by atoms with Crippen LogP contribution in [0, 0.1) is 6.61 Å². The zero-order chi connectivity index (χ0) is 8.10. The summed E-state index contributed by atoms with van der Waals surface area (Å²) in [4.78, 5) is 10.3. The predicted octanol–water partition coefficient (Wildman–Crippen LogP) is 1.64. The van der Waals surface area contributed by atoms with Gasteiger partial charge in [0.05, 0.1) is 0 Å². The molecule has 2 nitrogen and oxygen atoms in total. The van der Waals surface area contributed by atoms with E-state index in [-0.39, 0.29) is 5.97 Å². The molecule has 0 fully saturated rings. The number of ether oxygens (including phenoxy) is 1. The average molecular weight is 148 g/mol. The van der Waals surface area contributed by atoms with E-state index in [4.69, 9.17) is 0 Å². The van der Waals surface area contributed by atoms with E-state index in [1.807, 2.05) is 30.3 Å². The molecule has 0 bridgehead atoms. The zero-order valence-electron chi connectivity index (χ0n) is 6.20. The third kappa shape index (κ3) is 2.85. The Morgan fingerprint density at radius 2 is 2.00 bits per heavy atom. The number of hydrogen-bond donors (Lipinski definition) is 0. The second-order valence-electron chi connectivity index (χ2n) is 2.06. The molecule has 2 heteroatoms. The Morgan fingerprint density at radius 3 is 2.55 bits per heavy atom. The fraction of sp³-hybridized carbons (Fsp3) is 0.111. The van der Waals surface area contributed by atoms with Crippen molar-refractivity contribution in [3.8, 4) is 0 Å². The quantitative estimate of drug-likeness (QED) is 0.596. The summed E-state index contributed by atoms with van der Waals surface area (Å²) in [6, 6.07) is 9.21. The standard InChI is InChI=1S/C9H8O2/c1-8(10)11-7-9-5-3-2-4-6-9/h2-6H,1H3. The Morgan fingerprint density at radius 1 is 1.36 bits per heavy atom. The summed E-state index contributed by atoms with van der Waals surface area (Å²) in [5.74, 6) is -0.353. The second-order valence-corrected chi connectivity index (χ2v) is 2.06. The van der Waals surface area contributed by atoms with Crippen LogP contribution in [-0.2, 0) is 9.53 Å². The van der Waals surface area contributed by atoms with Crippen LogP contribution in [0.3, 0.4) is 0 Å². The van der Waals surface area contributed by atoms with E-state index in [1.54, 1.807) is 0 Å². The summed E-state index contributed by atoms with van der Waals surface area (Å²) < 4.78 is 4.54. The normalized spacial score (nSPS) is 9.18. The summed E-state index contributed by atoms with van der Waals surface area (Å²) in [6.45, 7) is 3.84. The molecule has 0 aromatic heterocycles. The number of esters is 1. The summed E-state index contributed by atoms with van der Waals surface area (Å²) >= 11 is 0. The summed E-state index contributed by atoms with van der Waals surface area (Å²) in [7, 11) is 0. The molecule has 0 N–H and O–H groups in total. The van der Waals surface area contributed by atoms with E-state index in [9.17, 15) is 4.79 Å². The topological polar surface area (TPSA) is 26.3 Å². The SMILES string of the molecule is CC(=O)O[C]c1ccccc1. The van der Waals surface area contributed by atoms with Crippen molar-refractivity contribution in [1.29, 1.82) is 0 Å². The molecule has 0 heterocycles. The van der Waals surface area contributed by atoms with Crippen molar-refractivity contribution in [2.24, 2.45) is 0 Å².